The van der Waals surface area contributed by atoms with Gasteiger partial charge in [-0.1, -0.05) is 31.2 Å². The number of amides is 2. The number of ether oxygens (including phenoxy) is 1. The number of hydrogen-bond donors (Lipinski definition) is 2. The van der Waals surface area contributed by atoms with E-state index >= 15 is 0 Å². The molecule has 3 aromatic rings. The number of aromatic nitrogens is 2. The maximum Gasteiger partial charge on any atom is 0.290 e. The number of hydrogen-bond acceptors (Lipinski definition) is 5. The van der Waals surface area contributed by atoms with Crippen LogP contribution < -0.4 is 21.1 Å². The lowest BCUT2D eigenvalue weighted by Crippen LogP contribution is -2.42. The maximum atomic E-state index is 12.7. The van der Waals surface area contributed by atoms with E-state index in [9.17, 15) is 14.4 Å². The number of benzene rings is 2. The second-order valence-corrected chi connectivity index (χ2v) is 6.06. The second-order valence-electron chi connectivity index (χ2n) is 6.06. The monoisotopic (exact) mass is 380 g/mol. The first-order valence-corrected chi connectivity index (χ1v) is 8.79. The third-order valence-corrected chi connectivity index (χ3v) is 4.14. The Morgan fingerprint density at radius 3 is 2.46 bits per heavy atom. The van der Waals surface area contributed by atoms with Crippen molar-refractivity contribution in [3.63, 3.8) is 0 Å². The summed E-state index contributed by atoms with van der Waals surface area (Å²) in [7, 11) is 1.50. The van der Waals surface area contributed by atoms with Gasteiger partial charge in [0.1, 0.15) is 5.75 Å². The van der Waals surface area contributed by atoms with Crippen molar-refractivity contribution in [2.45, 2.75) is 19.9 Å². The number of carbonyl (C=O) groups excluding carboxylic acids is 2. The maximum absolute atomic E-state index is 12.7. The van der Waals surface area contributed by atoms with Crippen LogP contribution in [0.5, 0.6) is 5.75 Å². The predicted molar refractivity (Wildman–Crippen MR) is 104 cm³/mol. The van der Waals surface area contributed by atoms with Gasteiger partial charge in [-0.05, 0) is 30.7 Å². The lowest BCUT2D eigenvalue weighted by molar-refractivity contribution is 0.0843. The molecule has 8 heteroatoms. The van der Waals surface area contributed by atoms with Crippen molar-refractivity contribution in [2.75, 3.05) is 7.11 Å². The number of carbonyl (C=O) groups is 2. The van der Waals surface area contributed by atoms with E-state index in [0.717, 1.165) is 0 Å². The number of fused-ring (bicyclic) bond motifs is 1. The number of rotatable bonds is 5. The summed E-state index contributed by atoms with van der Waals surface area (Å²) < 4.78 is 6.35. The van der Waals surface area contributed by atoms with Gasteiger partial charge < -0.3 is 4.74 Å². The zero-order valence-corrected chi connectivity index (χ0v) is 15.6. The molecule has 2 aromatic carbocycles. The molecule has 0 spiro atoms. The molecule has 0 aliphatic carbocycles. The Hall–Kier alpha value is -3.68. The summed E-state index contributed by atoms with van der Waals surface area (Å²) >= 11 is 0. The van der Waals surface area contributed by atoms with E-state index in [0.29, 0.717) is 35.1 Å². The molecule has 144 valence electrons. The zero-order valence-electron chi connectivity index (χ0n) is 15.6. The Morgan fingerprint density at radius 1 is 1.04 bits per heavy atom. The van der Waals surface area contributed by atoms with Crippen LogP contribution in [0, 0.1) is 0 Å². The van der Waals surface area contributed by atoms with E-state index in [1.54, 1.807) is 48.5 Å². The van der Waals surface area contributed by atoms with Gasteiger partial charge in [-0.25, -0.2) is 4.68 Å². The molecular weight excluding hydrogens is 360 g/mol. The fourth-order valence-electron chi connectivity index (χ4n) is 2.78. The van der Waals surface area contributed by atoms with Crippen molar-refractivity contribution in [3.8, 4) is 5.75 Å². The summed E-state index contributed by atoms with van der Waals surface area (Å²) in [6, 6.07) is 13.3. The fourth-order valence-corrected chi connectivity index (χ4v) is 2.78. The number of hydrazine groups is 1. The molecule has 8 nitrogen and oxygen atoms in total. The van der Waals surface area contributed by atoms with Crippen molar-refractivity contribution in [3.05, 3.63) is 70.1 Å². The number of aryl methyl sites for hydroxylation is 1. The third-order valence-electron chi connectivity index (χ3n) is 4.14. The molecular formula is C20H20N4O4. The largest absolute Gasteiger partial charge is 0.497 e. The molecule has 0 aliphatic heterocycles. The summed E-state index contributed by atoms with van der Waals surface area (Å²) in [6.07, 6.45) is 0.693. The van der Waals surface area contributed by atoms with E-state index in [-0.39, 0.29) is 11.3 Å². The van der Waals surface area contributed by atoms with Crippen LogP contribution in [0.15, 0.2) is 53.3 Å². The summed E-state index contributed by atoms with van der Waals surface area (Å²) in [6.45, 7) is 2.30. The molecule has 1 heterocycles. The van der Waals surface area contributed by atoms with Gasteiger partial charge in [-0.2, -0.15) is 5.10 Å². The second kappa shape index (κ2) is 8.34. The fraction of sp³-hybridized carbons (Fsp3) is 0.200. The third kappa shape index (κ3) is 3.85. The van der Waals surface area contributed by atoms with Crippen LogP contribution in [0.1, 0.15) is 34.2 Å². The summed E-state index contributed by atoms with van der Waals surface area (Å²) in [4.78, 5) is 37.4. The molecule has 0 fully saturated rings. The minimum absolute atomic E-state index is 0.0644. The lowest BCUT2D eigenvalue weighted by Gasteiger charge is -2.11. The van der Waals surface area contributed by atoms with Crippen molar-refractivity contribution >= 4 is 22.6 Å². The molecule has 0 unspecified atom stereocenters. The molecule has 0 saturated heterocycles. The highest BCUT2D eigenvalue weighted by molar-refractivity contribution is 6.06. The highest BCUT2D eigenvalue weighted by Crippen LogP contribution is 2.14. The smallest absolute Gasteiger partial charge is 0.290 e. The minimum Gasteiger partial charge on any atom is -0.497 e. The molecule has 0 saturated carbocycles. The molecule has 28 heavy (non-hydrogen) atoms. The van der Waals surface area contributed by atoms with Gasteiger partial charge in [0, 0.05) is 17.5 Å². The molecule has 0 aliphatic rings. The highest BCUT2D eigenvalue weighted by Gasteiger charge is 2.17. The molecule has 2 N–H and O–H groups in total. The average Bonchev–Trinajstić information content (AvgIpc) is 2.74. The highest BCUT2D eigenvalue weighted by atomic mass is 16.5. The normalized spacial score (nSPS) is 10.5. The van der Waals surface area contributed by atoms with Crippen LogP contribution in [-0.4, -0.2) is 28.7 Å². The predicted octanol–water partition coefficient (Wildman–Crippen LogP) is 1.89. The van der Waals surface area contributed by atoms with Gasteiger partial charge in [-0.3, -0.25) is 25.2 Å². The summed E-state index contributed by atoms with van der Waals surface area (Å²) in [5, 5.41) is 5.01. The lowest BCUT2D eigenvalue weighted by atomic mass is 10.1. The Labute approximate surface area is 161 Å². The summed E-state index contributed by atoms with van der Waals surface area (Å²) in [5.74, 6) is -0.589. The molecule has 1 aromatic heterocycles. The van der Waals surface area contributed by atoms with Crippen molar-refractivity contribution < 1.29 is 14.3 Å². The first-order chi connectivity index (χ1) is 13.5. The van der Waals surface area contributed by atoms with Crippen LogP contribution >= 0.6 is 0 Å². The first kappa shape index (κ1) is 19.1. The first-order valence-electron chi connectivity index (χ1n) is 8.79. The Kier molecular flexibility index (Phi) is 5.69. The number of nitrogens with one attached hydrogen (secondary N) is 2. The van der Waals surface area contributed by atoms with Crippen LogP contribution in [0.3, 0.4) is 0 Å². The molecule has 2 amide bonds. The van der Waals surface area contributed by atoms with E-state index in [1.807, 2.05) is 6.92 Å². The molecule has 0 radical (unpaired) electrons. The standard InChI is InChI=1S/C20H20N4O4/c1-3-11-24-20(27)16-10-5-4-9-15(16)17(23-24)19(26)22-21-18(25)13-7-6-8-14(12-13)28-2/h4-10,12H,3,11H2,1-2H3,(H,21,25)(H,22,26). The van der Waals surface area contributed by atoms with Crippen LogP contribution in [0.25, 0.3) is 10.8 Å². The number of methoxy groups -OCH3 is 1. The van der Waals surface area contributed by atoms with Gasteiger partial charge in [0.25, 0.3) is 17.4 Å². The molecule has 0 atom stereocenters. The Balaban J connectivity index is 1.86. The molecule has 3 rings (SSSR count). The van der Waals surface area contributed by atoms with Crippen molar-refractivity contribution in [1.82, 2.24) is 20.6 Å². The Bertz CT molecular complexity index is 1090. The van der Waals surface area contributed by atoms with Gasteiger partial charge in [0.05, 0.1) is 12.5 Å². The Morgan fingerprint density at radius 2 is 1.75 bits per heavy atom. The van der Waals surface area contributed by atoms with Crippen molar-refractivity contribution in [1.29, 1.82) is 0 Å². The van der Waals surface area contributed by atoms with Crippen LogP contribution in [0.2, 0.25) is 0 Å². The quantitative estimate of drug-likeness (QED) is 0.658. The van der Waals surface area contributed by atoms with E-state index < -0.39 is 11.8 Å². The summed E-state index contributed by atoms with van der Waals surface area (Å²) in [5.41, 5.74) is 4.85. The van der Waals surface area contributed by atoms with Gasteiger partial charge in [-0.15, -0.1) is 0 Å². The van der Waals surface area contributed by atoms with Gasteiger partial charge in [0.15, 0.2) is 5.69 Å². The minimum atomic E-state index is -0.614. The topological polar surface area (TPSA) is 102 Å². The van der Waals surface area contributed by atoms with Gasteiger partial charge >= 0.3 is 0 Å². The SMILES string of the molecule is CCCn1nc(C(=O)NNC(=O)c2cccc(OC)c2)c2ccccc2c1=O. The van der Waals surface area contributed by atoms with Crippen molar-refractivity contribution in [2.24, 2.45) is 0 Å². The van der Waals surface area contributed by atoms with Crippen LogP contribution in [0.4, 0.5) is 0 Å². The molecule has 0 bridgehead atoms. The van der Waals surface area contributed by atoms with E-state index in [2.05, 4.69) is 16.0 Å². The van der Waals surface area contributed by atoms with E-state index in [1.165, 1.54) is 11.8 Å². The average molecular weight is 380 g/mol. The number of nitrogens with zero attached hydrogens (tertiary/aromatic N) is 2. The van der Waals surface area contributed by atoms with E-state index in [4.69, 9.17) is 4.74 Å². The van der Waals surface area contributed by atoms with Gasteiger partial charge in [0.2, 0.25) is 0 Å². The zero-order chi connectivity index (χ0) is 20.1. The van der Waals surface area contributed by atoms with Crippen LogP contribution in [-0.2, 0) is 6.54 Å².